The second-order valence-corrected chi connectivity index (χ2v) is 6.12. The molecule has 0 saturated heterocycles. The molecule has 0 aliphatic heterocycles. The Kier molecular flexibility index (Phi) is 5.41. The average molecular weight is 376 g/mol. The van der Waals surface area contributed by atoms with E-state index in [1.165, 1.54) is 6.07 Å². The van der Waals surface area contributed by atoms with Crippen molar-refractivity contribution < 1.29 is 9.50 Å². The first-order valence-electron chi connectivity index (χ1n) is 6.76. The van der Waals surface area contributed by atoms with Crippen LogP contribution >= 0.6 is 27.5 Å². The van der Waals surface area contributed by atoms with Gasteiger partial charge in [0.1, 0.15) is 5.82 Å². The molecule has 1 atom stereocenters. The summed E-state index contributed by atoms with van der Waals surface area (Å²) in [5.41, 5.74) is 2.14. The van der Waals surface area contributed by atoms with Crippen LogP contribution in [0.5, 0.6) is 0 Å². The molecule has 0 bridgehead atoms. The van der Waals surface area contributed by atoms with Gasteiger partial charge < -0.3 is 5.11 Å². The summed E-state index contributed by atoms with van der Waals surface area (Å²) in [5.74, 6) is -0.388. The van der Waals surface area contributed by atoms with E-state index in [0.717, 1.165) is 22.4 Å². The van der Waals surface area contributed by atoms with Crippen LogP contribution in [0, 0.1) is 12.7 Å². The topological polar surface area (TPSA) is 38.0 Å². The van der Waals surface area contributed by atoms with Gasteiger partial charge in [-0.15, -0.1) is 0 Å². The largest absolute Gasteiger partial charge is 0.392 e. The van der Waals surface area contributed by atoms with E-state index in [1.54, 1.807) is 12.1 Å². The van der Waals surface area contributed by atoms with Crippen LogP contribution in [0.4, 0.5) is 4.39 Å². The van der Waals surface area contributed by atoms with Crippen molar-refractivity contribution in [1.82, 2.24) is 9.78 Å². The predicted octanol–water partition coefficient (Wildman–Crippen LogP) is 3.91. The van der Waals surface area contributed by atoms with Gasteiger partial charge in [-0.05, 0) is 41.9 Å². The van der Waals surface area contributed by atoms with Gasteiger partial charge in [0.25, 0.3) is 0 Å². The first kappa shape index (κ1) is 16.5. The fraction of sp³-hybridized carbons (Fsp3) is 0.400. The highest BCUT2D eigenvalue weighted by molar-refractivity contribution is 9.10. The average Bonchev–Trinajstić information content (AvgIpc) is 2.71. The molecule has 3 nitrogen and oxygen atoms in total. The lowest BCUT2D eigenvalue weighted by molar-refractivity contribution is 0.171. The van der Waals surface area contributed by atoms with Gasteiger partial charge in [-0.3, -0.25) is 4.68 Å². The maximum Gasteiger partial charge on any atom is 0.127 e. The summed E-state index contributed by atoms with van der Waals surface area (Å²) in [7, 11) is 0. The van der Waals surface area contributed by atoms with Crippen LogP contribution in [0.15, 0.2) is 22.7 Å². The molecule has 1 aromatic carbocycles. The third-order valence-corrected chi connectivity index (χ3v) is 4.77. The molecular formula is C15H17BrClFN2O. The zero-order valence-corrected chi connectivity index (χ0v) is 14.2. The standard InChI is InChI=1S/C15H17BrClFN2O/c1-3-20-14(15(16)9(2)19-20)8-10(21)7-11-12(17)5-4-6-13(11)18/h4-6,10,21H,3,7-8H2,1-2H3. The van der Waals surface area contributed by atoms with Crippen molar-refractivity contribution in [2.24, 2.45) is 0 Å². The zero-order valence-electron chi connectivity index (χ0n) is 11.9. The van der Waals surface area contributed by atoms with Gasteiger partial charge in [-0.25, -0.2) is 4.39 Å². The van der Waals surface area contributed by atoms with E-state index in [-0.39, 0.29) is 12.2 Å². The molecule has 21 heavy (non-hydrogen) atoms. The number of aromatic nitrogens is 2. The lowest BCUT2D eigenvalue weighted by Gasteiger charge is -2.14. The molecule has 114 valence electrons. The molecule has 0 radical (unpaired) electrons. The number of nitrogens with zero attached hydrogens (tertiary/aromatic N) is 2. The summed E-state index contributed by atoms with van der Waals surface area (Å²) in [5, 5.41) is 15.0. The minimum absolute atomic E-state index is 0.173. The highest BCUT2D eigenvalue weighted by Gasteiger charge is 2.18. The lowest BCUT2D eigenvalue weighted by Crippen LogP contribution is -2.18. The lowest BCUT2D eigenvalue weighted by atomic mass is 10.0. The van der Waals surface area contributed by atoms with Crippen molar-refractivity contribution in [2.45, 2.75) is 39.3 Å². The van der Waals surface area contributed by atoms with Gasteiger partial charge in [0.05, 0.1) is 22.0 Å². The van der Waals surface area contributed by atoms with Crippen molar-refractivity contribution in [1.29, 1.82) is 0 Å². The molecule has 1 aromatic heterocycles. The molecule has 0 aliphatic carbocycles. The number of benzene rings is 1. The molecule has 0 saturated carbocycles. The van der Waals surface area contributed by atoms with E-state index in [0.29, 0.717) is 17.0 Å². The van der Waals surface area contributed by atoms with Crippen LogP contribution in [-0.2, 0) is 19.4 Å². The Hall–Kier alpha value is -0.910. The summed E-state index contributed by atoms with van der Waals surface area (Å²) >= 11 is 9.48. The normalized spacial score (nSPS) is 12.7. The highest BCUT2D eigenvalue weighted by Crippen LogP contribution is 2.25. The van der Waals surface area contributed by atoms with Crippen LogP contribution in [0.25, 0.3) is 0 Å². The molecule has 1 heterocycles. The number of aryl methyl sites for hydroxylation is 2. The SMILES string of the molecule is CCn1nc(C)c(Br)c1CC(O)Cc1c(F)cccc1Cl. The van der Waals surface area contributed by atoms with Gasteiger partial charge in [-0.2, -0.15) is 5.10 Å². The van der Waals surface area contributed by atoms with Crippen molar-refractivity contribution in [3.05, 3.63) is 50.5 Å². The number of rotatable bonds is 5. The van der Waals surface area contributed by atoms with E-state index >= 15 is 0 Å². The number of halogens is 3. The Morgan fingerprint density at radius 3 is 2.76 bits per heavy atom. The van der Waals surface area contributed by atoms with Crippen LogP contribution in [-0.4, -0.2) is 21.0 Å². The van der Waals surface area contributed by atoms with Gasteiger partial charge in [0.2, 0.25) is 0 Å². The van der Waals surface area contributed by atoms with Crippen molar-refractivity contribution in [3.63, 3.8) is 0 Å². The summed E-state index contributed by atoms with van der Waals surface area (Å²) in [6.45, 7) is 4.61. The monoisotopic (exact) mass is 374 g/mol. The molecule has 1 unspecified atom stereocenters. The first-order chi connectivity index (χ1) is 9.93. The number of hydrogen-bond acceptors (Lipinski definition) is 2. The van der Waals surface area contributed by atoms with Gasteiger partial charge >= 0.3 is 0 Å². The number of aliphatic hydroxyl groups is 1. The van der Waals surface area contributed by atoms with Gasteiger partial charge in [-0.1, -0.05) is 17.7 Å². The van der Waals surface area contributed by atoms with Gasteiger partial charge in [0.15, 0.2) is 0 Å². The summed E-state index contributed by atoms with van der Waals surface area (Å²) in [6.07, 6.45) is -0.164. The maximum atomic E-state index is 13.8. The maximum absolute atomic E-state index is 13.8. The van der Waals surface area contributed by atoms with Crippen molar-refractivity contribution in [3.8, 4) is 0 Å². The molecule has 1 N–H and O–H groups in total. The van der Waals surface area contributed by atoms with Gasteiger partial charge in [0, 0.05) is 30.0 Å². The number of aliphatic hydroxyl groups excluding tert-OH is 1. The Balaban J connectivity index is 2.17. The van der Waals surface area contributed by atoms with Crippen LogP contribution in [0.3, 0.4) is 0 Å². The second-order valence-electron chi connectivity index (χ2n) is 4.92. The van der Waals surface area contributed by atoms with E-state index in [1.807, 2.05) is 18.5 Å². The Morgan fingerprint density at radius 1 is 1.43 bits per heavy atom. The fourth-order valence-corrected chi connectivity index (χ4v) is 3.01. The van der Waals surface area contributed by atoms with E-state index in [4.69, 9.17) is 11.6 Å². The Labute approximate surface area is 136 Å². The summed E-state index contributed by atoms with van der Waals surface area (Å²) in [4.78, 5) is 0. The van der Waals surface area contributed by atoms with Crippen LogP contribution in [0.1, 0.15) is 23.9 Å². The fourth-order valence-electron chi connectivity index (χ4n) is 2.32. The van der Waals surface area contributed by atoms with Crippen LogP contribution < -0.4 is 0 Å². The number of hydrogen-bond donors (Lipinski definition) is 1. The zero-order chi connectivity index (χ0) is 15.6. The quantitative estimate of drug-likeness (QED) is 0.860. The minimum atomic E-state index is -0.725. The molecular weight excluding hydrogens is 359 g/mol. The Bertz CT molecular complexity index is 625. The highest BCUT2D eigenvalue weighted by atomic mass is 79.9. The third kappa shape index (κ3) is 3.65. The first-order valence-corrected chi connectivity index (χ1v) is 7.93. The van der Waals surface area contributed by atoms with E-state index in [9.17, 15) is 9.50 Å². The summed E-state index contributed by atoms with van der Waals surface area (Å²) < 4.78 is 16.5. The molecule has 0 aliphatic rings. The Morgan fingerprint density at radius 2 is 2.14 bits per heavy atom. The molecule has 0 amide bonds. The second kappa shape index (κ2) is 6.90. The smallest absolute Gasteiger partial charge is 0.127 e. The predicted molar refractivity (Wildman–Crippen MR) is 85.2 cm³/mol. The molecule has 6 heteroatoms. The third-order valence-electron chi connectivity index (χ3n) is 3.38. The van der Waals surface area contributed by atoms with E-state index in [2.05, 4.69) is 21.0 Å². The minimum Gasteiger partial charge on any atom is -0.392 e. The van der Waals surface area contributed by atoms with Crippen molar-refractivity contribution >= 4 is 27.5 Å². The van der Waals surface area contributed by atoms with Crippen LogP contribution in [0.2, 0.25) is 5.02 Å². The molecule has 2 aromatic rings. The summed E-state index contributed by atoms with van der Waals surface area (Å²) in [6, 6.07) is 4.53. The molecule has 2 rings (SSSR count). The van der Waals surface area contributed by atoms with Crippen molar-refractivity contribution in [2.75, 3.05) is 0 Å². The molecule has 0 spiro atoms. The van der Waals surface area contributed by atoms with E-state index < -0.39 is 6.10 Å². The molecule has 0 fully saturated rings.